The van der Waals surface area contributed by atoms with Crippen molar-refractivity contribution < 1.29 is 4.79 Å². The first kappa shape index (κ1) is 17.3. The van der Waals surface area contributed by atoms with E-state index in [1.54, 1.807) is 42.5 Å². The van der Waals surface area contributed by atoms with Gasteiger partial charge in [0.2, 0.25) is 11.1 Å². The van der Waals surface area contributed by atoms with E-state index in [9.17, 15) is 9.59 Å². The third-order valence-corrected chi connectivity index (χ3v) is 4.82. The number of carbonyl (C=O) groups excluding carboxylic acids is 1. The normalized spacial score (nSPS) is 11.0. The Bertz CT molecular complexity index is 1170. The minimum absolute atomic E-state index is 0.121. The molecule has 0 fully saturated rings. The maximum Gasteiger partial charge on any atom is 0.323 e. The number of halogens is 1. The van der Waals surface area contributed by atoms with Gasteiger partial charge in [-0.15, -0.1) is 5.10 Å². The summed E-state index contributed by atoms with van der Waals surface area (Å²) in [5.74, 6) is -0.0989. The van der Waals surface area contributed by atoms with Crippen molar-refractivity contribution in [3.05, 3.63) is 58.0 Å². The van der Waals surface area contributed by atoms with E-state index in [2.05, 4.69) is 30.8 Å². The van der Waals surface area contributed by atoms with Gasteiger partial charge in [0, 0.05) is 10.7 Å². The molecule has 0 unspecified atom stereocenters. The summed E-state index contributed by atoms with van der Waals surface area (Å²) in [4.78, 5) is 28.8. The highest BCUT2D eigenvalue weighted by atomic mass is 35.5. The van der Waals surface area contributed by atoms with Gasteiger partial charge in [-0.2, -0.15) is 4.68 Å². The van der Waals surface area contributed by atoms with Crippen LogP contribution in [0.15, 0.2) is 52.4 Å². The molecule has 0 aliphatic heterocycles. The number of fused-ring (bicyclic) bond motifs is 1. The van der Waals surface area contributed by atoms with Crippen LogP contribution in [0.5, 0.6) is 0 Å². The van der Waals surface area contributed by atoms with E-state index in [1.165, 1.54) is 16.4 Å². The zero-order valence-corrected chi connectivity index (χ0v) is 15.2. The van der Waals surface area contributed by atoms with Crippen LogP contribution < -0.4 is 11.0 Å². The average Bonchev–Trinajstić information content (AvgIpc) is 3.25. The van der Waals surface area contributed by atoms with E-state index >= 15 is 0 Å². The fraction of sp³-hybridized carbons (Fsp3) is 0.0625. The van der Waals surface area contributed by atoms with E-state index in [0.29, 0.717) is 26.9 Å². The molecule has 9 nitrogen and oxygen atoms in total. The van der Waals surface area contributed by atoms with Crippen LogP contribution in [0, 0.1) is 0 Å². The van der Waals surface area contributed by atoms with E-state index in [0.717, 1.165) is 5.69 Å². The number of nitrogens with zero attached hydrogens (tertiary/aromatic N) is 4. The lowest BCUT2D eigenvalue weighted by Crippen LogP contribution is -2.14. The van der Waals surface area contributed by atoms with Crippen molar-refractivity contribution in [2.45, 2.75) is 5.16 Å². The Morgan fingerprint density at radius 3 is 2.74 bits per heavy atom. The zero-order valence-electron chi connectivity index (χ0n) is 13.6. The summed E-state index contributed by atoms with van der Waals surface area (Å²) in [5.41, 5.74) is 2.33. The standard InChI is InChI=1S/C16H12ClN7O2S/c17-9-1-4-11(5-2-9)24-16(21-22-23-24)27-8-14(25)18-10-3-6-12-13(7-10)20-15(26)19-12/h1-7H,8H2,(H,18,25)(H2,19,20,26). The highest BCUT2D eigenvalue weighted by molar-refractivity contribution is 7.99. The lowest BCUT2D eigenvalue weighted by atomic mass is 10.3. The van der Waals surface area contributed by atoms with Crippen molar-refractivity contribution in [2.75, 3.05) is 11.1 Å². The third-order valence-electron chi connectivity index (χ3n) is 3.64. The average molecular weight is 402 g/mol. The maximum atomic E-state index is 12.2. The molecule has 0 atom stereocenters. The summed E-state index contributed by atoms with van der Waals surface area (Å²) in [7, 11) is 0. The Balaban J connectivity index is 1.42. The molecule has 0 bridgehead atoms. The Morgan fingerprint density at radius 2 is 1.93 bits per heavy atom. The van der Waals surface area contributed by atoms with Gasteiger partial charge in [0.15, 0.2) is 0 Å². The second-order valence-corrected chi connectivity index (χ2v) is 6.90. The molecule has 0 aliphatic carbocycles. The van der Waals surface area contributed by atoms with Crippen LogP contribution in [-0.4, -0.2) is 41.8 Å². The Kier molecular flexibility index (Phi) is 4.65. The van der Waals surface area contributed by atoms with Crippen molar-refractivity contribution in [1.29, 1.82) is 0 Å². The smallest absolute Gasteiger partial charge is 0.323 e. The van der Waals surface area contributed by atoms with Crippen LogP contribution in [0.1, 0.15) is 0 Å². The number of thioether (sulfide) groups is 1. The molecule has 4 rings (SSSR count). The van der Waals surface area contributed by atoms with Crippen LogP contribution in [0.25, 0.3) is 16.7 Å². The number of hydrogen-bond donors (Lipinski definition) is 3. The molecule has 0 radical (unpaired) electrons. The van der Waals surface area contributed by atoms with Gasteiger partial charge in [0.05, 0.1) is 22.5 Å². The first-order chi connectivity index (χ1) is 13.1. The summed E-state index contributed by atoms with van der Waals surface area (Å²) in [6.07, 6.45) is 0. The highest BCUT2D eigenvalue weighted by Gasteiger charge is 2.12. The number of H-pyrrole nitrogens is 2. The molecule has 27 heavy (non-hydrogen) atoms. The number of amides is 1. The molecular formula is C16H12ClN7O2S. The molecule has 2 aromatic heterocycles. The van der Waals surface area contributed by atoms with Gasteiger partial charge in [0.1, 0.15) is 0 Å². The topological polar surface area (TPSA) is 121 Å². The predicted molar refractivity (Wildman–Crippen MR) is 102 cm³/mol. The second kappa shape index (κ2) is 7.25. The second-order valence-electron chi connectivity index (χ2n) is 5.53. The summed E-state index contributed by atoms with van der Waals surface area (Å²) >= 11 is 7.10. The molecule has 11 heteroatoms. The number of carbonyl (C=O) groups is 1. The first-order valence-corrected chi connectivity index (χ1v) is 9.14. The number of benzene rings is 2. The number of imidazole rings is 1. The maximum absolute atomic E-state index is 12.2. The summed E-state index contributed by atoms with van der Waals surface area (Å²) < 4.78 is 1.53. The fourth-order valence-electron chi connectivity index (χ4n) is 2.45. The van der Waals surface area contributed by atoms with Gasteiger partial charge in [-0.25, -0.2) is 4.79 Å². The fourth-order valence-corrected chi connectivity index (χ4v) is 3.27. The molecule has 2 heterocycles. The molecule has 1 amide bonds. The number of nitrogens with one attached hydrogen (secondary N) is 3. The van der Waals surface area contributed by atoms with E-state index in [4.69, 9.17) is 11.6 Å². The molecule has 3 N–H and O–H groups in total. The number of aromatic nitrogens is 6. The molecule has 4 aromatic rings. The number of rotatable bonds is 5. The third kappa shape index (κ3) is 3.86. The molecule has 0 aliphatic rings. The zero-order chi connectivity index (χ0) is 18.8. The van der Waals surface area contributed by atoms with Crippen LogP contribution in [0.2, 0.25) is 5.02 Å². The minimum Gasteiger partial charge on any atom is -0.325 e. The molecular weight excluding hydrogens is 390 g/mol. The molecule has 136 valence electrons. The van der Waals surface area contributed by atoms with Crippen molar-refractivity contribution in [3.8, 4) is 5.69 Å². The SMILES string of the molecule is O=C(CSc1nnnn1-c1ccc(Cl)cc1)Nc1ccc2[nH]c(=O)[nH]c2c1. The van der Waals surface area contributed by atoms with Crippen molar-refractivity contribution in [1.82, 2.24) is 30.2 Å². The number of aromatic amines is 2. The Labute approximate surface area is 161 Å². The summed E-state index contributed by atoms with van der Waals surface area (Å²) in [5, 5.41) is 15.4. The lowest BCUT2D eigenvalue weighted by molar-refractivity contribution is -0.113. The van der Waals surface area contributed by atoms with Crippen molar-refractivity contribution in [3.63, 3.8) is 0 Å². The van der Waals surface area contributed by atoms with Gasteiger partial charge < -0.3 is 15.3 Å². The van der Waals surface area contributed by atoms with E-state index < -0.39 is 0 Å². The number of anilines is 1. The van der Waals surface area contributed by atoms with Crippen LogP contribution in [0.4, 0.5) is 5.69 Å². The molecule has 2 aromatic carbocycles. The number of tetrazole rings is 1. The lowest BCUT2D eigenvalue weighted by Gasteiger charge is -2.06. The molecule has 0 saturated heterocycles. The van der Waals surface area contributed by atoms with Gasteiger partial charge in [0.25, 0.3) is 0 Å². The van der Waals surface area contributed by atoms with E-state index in [-0.39, 0.29) is 17.3 Å². The number of hydrogen-bond acceptors (Lipinski definition) is 6. The van der Waals surface area contributed by atoms with Gasteiger partial charge >= 0.3 is 5.69 Å². The quantitative estimate of drug-likeness (QED) is 0.441. The first-order valence-electron chi connectivity index (χ1n) is 7.77. The van der Waals surface area contributed by atoms with Crippen LogP contribution in [0.3, 0.4) is 0 Å². The monoisotopic (exact) mass is 401 g/mol. The Hall–Kier alpha value is -3.11. The van der Waals surface area contributed by atoms with Gasteiger partial charge in [-0.05, 0) is 52.9 Å². The largest absolute Gasteiger partial charge is 0.325 e. The van der Waals surface area contributed by atoms with Crippen molar-refractivity contribution >= 4 is 46.0 Å². The summed E-state index contributed by atoms with van der Waals surface area (Å²) in [6.45, 7) is 0. The highest BCUT2D eigenvalue weighted by Crippen LogP contribution is 2.20. The predicted octanol–water partition coefficient (Wildman–Crippen LogP) is 2.22. The van der Waals surface area contributed by atoms with E-state index in [1.807, 2.05) is 0 Å². The summed E-state index contributed by atoms with van der Waals surface area (Å²) in [6, 6.07) is 12.2. The van der Waals surface area contributed by atoms with Gasteiger partial charge in [-0.3, -0.25) is 4.79 Å². The van der Waals surface area contributed by atoms with Gasteiger partial charge in [-0.1, -0.05) is 23.4 Å². The van der Waals surface area contributed by atoms with Crippen molar-refractivity contribution in [2.24, 2.45) is 0 Å². The molecule has 0 saturated carbocycles. The van der Waals surface area contributed by atoms with Crippen LogP contribution in [-0.2, 0) is 4.79 Å². The molecule has 0 spiro atoms. The minimum atomic E-state index is -0.293. The van der Waals surface area contributed by atoms with Crippen LogP contribution >= 0.6 is 23.4 Å². The Morgan fingerprint density at radius 1 is 1.15 bits per heavy atom.